The first-order chi connectivity index (χ1) is 9.37. The maximum Gasteiger partial charge on any atom is 0.241 e. The first-order valence-corrected chi connectivity index (χ1v) is 7.74. The van der Waals surface area contributed by atoms with Crippen LogP contribution in [0, 0.1) is 17.3 Å². The molecule has 0 aromatic rings. The van der Waals surface area contributed by atoms with E-state index in [0.717, 1.165) is 25.7 Å². The molecule has 0 aromatic heterocycles. The summed E-state index contributed by atoms with van der Waals surface area (Å²) >= 11 is 0. The van der Waals surface area contributed by atoms with Crippen molar-refractivity contribution in [3.8, 4) is 0 Å². The average Bonchev–Trinajstić information content (AvgIpc) is 3.02. The lowest BCUT2D eigenvalue weighted by Gasteiger charge is -2.60. The fourth-order valence-electron chi connectivity index (χ4n) is 4.46. The summed E-state index contributed by atoms with van der Waals surface area (Å²) in [5.74, 6) is 0.485. The van der Waals surface area contributed by atoms with Crippen molar-refractivity contribution in [3.05, 3.63) is 0 Å². The van der Waals surface area contributed by atoms with Crippen LogP contribution in [-0.4, -0.2) is 41.9 Å². The molecule has 1 aliphatic heterocycles. The van der Waals surface area contributed by atoms with E-state index in [4.69, 9.17) is 10.5 Å². The Kier molecular flexibility index (Phi) is 3.35. The van der Waals surface area contributed by atoms with Gasteiger partial charge in [0.05, 0.1) is 12.2 Å². The molecule has 3 aliphatic rings. The van der Waals surface area contributed by atoms with E-state index in [-0.39, 0.29) is 29.4 Å². The van der Waals surface area contributed by atoms with E-state index in [9.17, 15) is 9.90 Å². The molecular formula is C15H26N2O3. The molecule has 1 heterocycles. The van der Waals surface area contributed by atoms with Gasteiger partial charge in [-0.2, -0.15) is 0 Å². The van der Waals surface area contributed by atoms with Gasteiger partial charge in [-0.15, -0.1) is 0 Å². The van der Waals surface area contributed by atoms with Gasteiger partial charge in [0.25, 0.3) is 0 Å². The Hall–Kier alpha value is -0.650. The van der Waals surface area contributed by atoms with Crippen LogP contribution < -0.4 is 11.1 Å². The minimum Gasteiger partial charge on any atom is -0.393 e. The number of nitrogens with two attached hydrogens (primary N) is 1. The topological polar surface area (TPSA) is 84.6 Å². The van der Waals surface area contributed by atoms with Crippen molar-refractivity contribution < 1.29 is 14.6 Å². The standard InChI is InChI=1S/C15H26N2O3/c1-14(2)12-11(5-6-20-12)15(14,16)13(19)17-8-9-3-4-10(18)7-9/h9-12,18H,3-8,16H2,1-2H3,(H,17,19). The maximum absolute atomic E-state index is 12.6. The number of fused-ring (bicyclic) bond motifs is 1. The van der Waals surface area contributed by atoms with Crippen LogP contribution in [0.3, 0.4) is 0 Å². The molecule has 114 valence electrons. The molecule has 0 radical (unpaired) electrons. The van der Waals surface area contributed by atoms with E-state index in [1.807, 2.05) is 13.8 Å². The zero-order valence-corrected chi connectivity index (χ0v) is 12.4. The zero-order valence-electron chi connectivity index (χ0n) is 12.4. The Morgan fingerprint density at radius 2 is 2.15 bits per heavy atom. The smallest absolute Gasteiger partial charge is 0.241 e. The molecule has 0 bridgehead atoms. The van der Waals surface area contributed by atoms with Gasteiger partial charge in [0.2, 0.25) is 5.91 Å². The van der Waals surface area contributed by atoms with E-state index in [1.165, 1.54) is 0 Å². The number of hydrogen-bond donors (Lipinski definition) is 3. The number of hydrogen-bond acceptors (Lipinski definition) is 4. The Morgan fingerprint density at radius 1 is 1.40 bits per heavy atom. The predicted molar refractivity (Wildman–Crippen MR) is 74.9 cm³/mol. The molecule has 5 unspecified atom stereocenters. The first-order valence-electron chi connectivity index (χ1n) is 7.74. The summed E-state index contributed by atoms with van der Waals surface area (Å²) in [6.45, 7) is 5.39. The summed E-state index contributed by atoms with van der Waals surface area (Å²) in [4.78, 5) is 12.6. The molecule has 20 heavy (non-hydrogen) atoms. The molecule has 2 saturated carbocycles. The van der Waals surface area contributed by atoms with Crippen molar-refractivity contribution in [2.24, 2.45) is 23.0 Å². The third kappa shape index (κ3) is 1.83. The van der Waals surface area contributed by atoms with E-state index < -0.39 is 5.54 Å². The van der Waals surface area contributed by atoms with Crippen molar-refractivity contribution >= 4 is 5.91 Å². The second-order valence-electron chi connectivity index (χ2n) is 7.32. The van der Waals surface area contributed by atoms with Gasteiger partial charge in [-0.05, 0) is 31.6 Å². The van der Waals surface area contributed by atoms with E-state index in [2.05, 4.69) is 5.32 Å². The summed E-state index contributed by atoms with van der Waals surface area (Å²) in [5.41, 5.74) is 5.35. The van der Waals surface area contributed by atoms with Gasteiger partial charge in [0.15, 0.2) is 0 Å². The largest absolute Gasteiger partial charge is 0.393 e. The van der Waals surface area contributed by atoms with E-state index >= 15 is 0 Å². The van der Waals surface area contributed by atoms with E-state index in [0.29, 0.717) is 19.1 Å². The number of nitrogens with one attached hydrogen (secondary N) is 1. The lowest BCUT2D eigenvalue weighted by molar-refractivity contribution is -0.175. The third-order valence-corrected chi connectivity index (χ3v) is 5.89. The first kappa shape index (κ1) is 14.3. The Labute approximate surface area is 120 Å². The second-order valence-corrected chi connectivity index (χ2v) is 7.32. The van der Waals surface area contributed by atoms with Crippen LogP contribution in [0.25, 0.3) is 0 Å². The van der Waals surface area contributed by atoms with Crippen LogP contribution in [0.15, 0.2) is 0 Å². The summed E-state index contributed by atoms with van der Waals surface area (Å²) in [7, 11) is 0. The molecule has 5 nitrogen and oxygen atoms in total. The fourth-order valence-corrected chi connectivity index (χ4v) is 4.46. The number of amides is 1. The van der Waals surface area contributed by atoms with Crippen LogP contribution in [0.5, 0.6) is 0 Å². The molecule has 3 fully saturated rings. The summed E-state index contributed by atoms with van der Waals surface area (Å²) < 4.78 is 5.71. The van der Waals surface area contributed by atoms with Gasteiger partial charge in [-0.25, -0.2) is 0 Å². The van der Waals surface area contributed by atoms with Crippen LogP contribution in [0.1, 0.15) is 39.5 Å². The third-order valence-electron chi connectivity index (χ3n) is 5.89. The molecular weight excluding hydrogens is 256 g/mol. The summed E-state index contributed by atoms with van der Waals surface area (Å²) in [6, 6.07) is 0. The average molecular weight is 282 g/mol. The van der Waals surface area contributed by atoms with Crippen LogP contribution >= 0.6 is 0 Å². The predicted octanol–water partition coefficient (Wildman–Crippen LogP) is 0.406. The lowest BCUT2D eigenvalue weighted by Crippen LogP contribution is -2.80. The van der Waals surface area contributed by atoms with Gasteiger partial charge in [0.1, 0.15) is 5.54 Å². The molecule has 4 N–H and O–H groups in total. The quantitative estimate of drug-likeness (QED) is 0.700. The minimum absolute atomic E-state index is 0.0457. The SMILES string of the molecule is CC1(C)C2OCCC2C1(N)C(=O)NCC1CCC(O)C1. The van der Waals surface area contributed by atoms with E-state index in [1.54, 1.807) is 0 Å². The Bertz CT molecular complexity index is 412. The van der Waals surface area contributed by atoms with Gasteiger partial charge < -0.3 is 20.9 Å². The Morgan fingerprint density at radius 3 is 2.80 bits per heavy atom. The number of carbonyl (C=O) groups is 1. The van der Waals surface area contributed by atoms with Crippen molar-refractivity contribution in [2.75, 3.05) is 13.2 Å². The number of aliphatic hydroxyl groups is 1. The highest BCUT2D eigenvalue weighted by Gasteiger charge is 2.71. The van der Waals surface area contributed by atoms with Crippen LogP contribution in [-0.2, 0) is 9.53 Å². The number of ether oxygens (including phenoxy) is 1. The molecule has 5 heteroatoms. The highest BCUT2D eigenvalue weighted by molar-refractivity contribution is 5.89. The summed E-state index contributed by atoms with van der Waals surface area (Å²) in [6.07, 6.45) is 3.41. The van der Waals surface area contributed by atoms with Gasteiger partial charge in [-0.1, -0.05) is 13.8 Å². The van der Waals surface area contributed by atoms with Gasteiger partial charge >= 0.3 is 0 Å². The molecule has 0 aromatic carbocycles. The number of aliphatic hydroxyl groups excluding tert-OH is 1. The van der Waals surface area contributed by atoms with Gasteiger partial charge in [-0.3, -0.25) is 4.79 Å². The molecule has 5 atom stereocenters. The highest BCUT2D eigenvalue weighted by Crippen LogP contribution is 2.58. The maximum atomic E-state index is 12.6. The van der Waals surface area contributed by atoms with Crippen LogP contribution in [0.2, 0.25) is 0 Å². The minimum atomic E-state index is -0.814. The molecule has 3 rings (SSSR count). The molecule has 1 saturated heterocycles. The van der Waals surface area contributed by atoms with Crippen LogP contribution in [0.4, 0.5) is 0 Å². The number of carbonyl (C=O) groups excluding carboxylic acids is 1. The van der Waals surface area contributed by atoms with Crippen molar-refractivity contribution in [1.82, 2.24) is 5.32 Å². The van der Waals surface area contributed by atoms with Gasteiger partial charge in [0, 0.05) is 24.5 Å². The monoisotopic (exact) mass is 282 g/mol. The van der Waals surface area contributed by atoms with Crippen molar-refractivity contribution in [1.29, 1.82) is 0 Å². The molecule has 0 spiro atoms. The fraction of sp³-hybridized carbons (Fsp3) is 0.933. The normalized spacial score (nSPS) is 45.8. The van der Waals surface area contributed by atoms with Crippen molar-refractivity contribution in [3.63, 3.8) is 0 Å². The molecule has 1 amide bonds. The van der Waals surface area contributed by atoms with Crippen molar-refractivity contribution in [2.45, 2.75) is 57.3 Å². The number of rotatable bonds is 3. The molecule has 2 aliphatic carbocycles. The lowest BCUT2D eigenvalue weighted by atomic mass is 9.48. The summed E-state index contributed by atoms with van der Waals surface area (Å²) in [5, 5.41) is 12.6. The Balaban J connectivity index is 1.61. The highest BCUT2D eigenvalue weighted by atomic mass is 16.5. The zero-order chi connectivity index (χ0) is 14.5. The second kappa shape index (κ2) is 4.68.